The van der Waals surface area contributed by atoms with E-state index in [4.69, 9.17) is 11.6 Å². The Kier molecular flexibility index (Phi) is 4.64. The second-order valence-electron chi connectivity index (χ2n) is 4.52. The van der Waals surface area contributed by atoms with E-state index in [1.807, 2.05) is 56.3 Å². The monoisotopic (exact) mass is 288 g/mol. The minimum absolute atomic E-state index is 0.0106. The van der Waals surface area contributed by atoms with Crippen LogP contribution in [0.2, 0.25) is 5.02 Å². The molecule has 4 heteroatoms. The number of rotatable bonds is 4. The molecule has 0 radical (unpaired) electrons. The topological polar surface area (TPSA) is 41.1 Å². The Balaban J connectivity index is 2.11. The lowest BCUT2D eigenvalue weighted by Crippen LogP contribution is -2.09. The zero-order chi connectivity index (χ0) is 14.5. The number of hydrogen-bond acceptors (Lipinski definition) is 2. The Hall–Kier alpha value is -2.00. The third kappa shape index (κ3) is 3.52. The zero-order valence-electron chi connectivity index (χ0n) is 11.5. The van der Waals surface area contributed by atoms with E-state index < -0.39 is 0 Å². The van der Waals surface area contributed by atoms with Gasteiger partial charge in [-0.3, -0.25) is 4.79 Å². The smallest absolute Gasteiger partial charge is 0.224 e. The van der Waals surface area contributed by atoms with Crippen LogP contribution in [0.3, 0.4) is 0 Å². The number of benzene rings is 2. The lowest BCUT2D eigenvalue weighted by Gasteiger charge is -2.11. The van der Waals surface area contributed by atoms with Gasteiger partial charge in [-0.25, -0.2) is 0 Å². The van der Waals surface area contributed by atoms with Crippen LogP contribution < -0.4 is 10.6 Å². The molecule has 0 aliphatic carbocycles. The normalized spacial score (nSPS) is 10.2. The van der Waals surface area contributed by atoms with Gasteiger partial charge in [-0.15, -0.1) is 0 Å². The van der Waals surface area contributed by atoms with Crippen molar-refractivity contribution < 1.29 is 4.79 Å². The van der Waals surface area contributed by atoms with Crippen LogP contribution in [0.25, 0.3) is 0 Å². The molecule has 0 bridgehead atoms. The maximum absolute atomic E-state index is 11.3. The van der Waals surface area contributed by atoms with Crippen LogP contribution >= 0.6 is 11.6 Å². The summed E-state index contributed by atoms with van der Waals surface area (Å²) in [6.45, 7) is 3.80. The summed E-state index contributed by atoms with van der Waals surface area (Å²) in [6.07, 6.45) is 0.474. The van der Waals surface area contributed by atoms with Gasteiger partial charge in [0.1, 0.15) is 0 Å². The number of amides is 1. The maximum atomic E-state index is 11.3. The van der Waals surface area contributed by atoms with Crippen molar-refractivity contribution in [3.8, 4) is 0 Å². The van der Waals surface area contributed by atoms with E-state index in [2.05, 4.69) is 10.6 Å². The van der Waals surface area contributed by atoms with Gasteiger partial charge in [0.05, 0.1) is 0 Å². The molecule has 2 aromatic carbocycles. The van der Waals surface area contributed by atoms with Gasteiger partial charge >= 0.3 is 0 Å². The lowest BCUT2D eigenvalue weighted by molar-refractivity contribution is -0.115. The van der Waals surface area contributed by atoms with E-state index in [0.29, 0.717) is 6.42 Å². The van der Waals surface area contributed by atoms with Gasteiger partial charge in [0, 0.05) is 28.5 Å². The first-order valence-electron chi connectivity index (χ1n) is 6.52. The van der Waals surface area contributed by atoms with E-state index >= 15 is 0 Å². The molecule has 0 aliphatic rings. The molecule has 2 aromatic rings. The molecule has 0 aliphatic heterocycles. The third-order valence-corrected chi connectivity index (χ3v) is 3.45. The summed E-state index contributed by atoms with van der Waals surface area (Å²) in [7, 11) is 0. The quantitative estimate of drug-likeness (QED) is 0.853. The van der Waals surface area contributed by atoms with Crippen LogP contribution in [-0.2, 0) is 4.79 Å². The van der Waals surface area contributed by atoms with Crippen LogP contribution in [0, 0.1) is 6.92 Å². The maximum Gasteiger partial charge on any atom is 0.224 e. The van der Waals surface area contributed by atoms with Gasteiger partial charge in [0.15, 0.2) is 0 Å². The number of anilines is 3. The van der Waals surface area contributed by atoms with Gasteiger partial charge in [-0.05, 0) is 48.9 Å². The zero-order valence-corrected chi connectivity index (χ0v) is 12.3. The molecule has 104 valence electrons. The average molecular weight is 289 g/mol. The molecule has 3 nitrogen and oxygen atoms in total. The summed E-state index contributed by atoms with van der Waals surface area (Å²) in [5, 5.41) is 6.86. The molecule has 0 aromatic heterocycles. The van der Waals surface area contributed by atoms with E-state index in [9.17, 15) is 4.79 Å². The highest BCUT2D eigenvalue weighted by molar-refractivity contribution is 6.31. The summed E-state index contributed by atoms with van der Waals surface area (Å²) in [6, 6.07) is 13.3. The first-order valence-corrected chi connectivity index (χ1v) is 6.90. The van der Waals surface area contributed by atoms with Crippen molar-refractivity contribution in [3.63, 3.8) is 0 Å². The van der Waals surface area contributed by atoms with E-state index in [-0.39, 0.29) is 5.91 Å². The van der Waals surface area contributed by atoms with Gasteiger partial charge < -0.3 is 10.6 Å². The van der Waals surface area contributed by atoms with E-state index in [1.54, 1.807) is 0 Å². The minimum atomic E-state index is 0.0106. The molecule has 0 saturated heterocycles. The molecule has 0 fully saturated rings. The van der Waals surface area contributed by atoms with Gasteiger partial charge in [0.25, 0.3) is 0 Å². The molecule has 0 atom stereocenters. The highest BCUT2D eigenvalue weighted by atomic mass is 35.5. The summed E-state index contributed by atoms with van der Waals surface area (Å²) < 4.78 is 0. The Labute approximate surface area is 124 Å². The summed E-state index contributed by atoms with van der Waals surface area (Å²) in [4.78, 5) is 11.3. The minimum Gasteiger partial charge on any atom is -0.355 e. The second kappa shape index (κ2) is 6.44. The molecule has 0 unspecified atom stereocenters. The average Bonchev–Trinajstić information content (AvgIpc) is 2.46. The van der Waals surface area contributed by atoms with Crippen molar-refractivity contribution in [2.24, 2.45) is 0 Å². The lowest BCUT2D eigenvalue weighted by atomic mass is 10.2. The Morgan fingerprint density at radius 1 is 1.10 bits per heavy atom. The van der Waals surface area contributed by atoms with Crippen LogP contribution in [0.5, 0.6) is 0 Å². The standard InChI is InChI=1S/C16H17ClN2O/c1-3-16(20)19-13-9-7-12(8-10-13)18-15-6-4-5-14(17)11(15)2/h4-10,18H,3H2,1-2H3,(H,19,20). The van der Waals surface area contributed by atoms with Crippen molar-refractivity contribution in [1.29, 1.82) is 0 Å². The van der Waals surface area contributed by atoms with Gasteiger partial charge in [-0.1, -0.05) is 24.6 Å². The number of nitrogens with one attached hydrogen (secondary N) is 2. The summed E-state index contributed by atoms with van der Waals surface area (Å²) in [5.74, 6) is 0.0106. The number of carbonyl (C=O) groups excluding carboxylic acids is 1. The fraction of sp³-hybridized carbons (Fsp3) is 0.188. The van der Waals surface area contributed by atoms with Crippen LogP contribution in [0.4, 0.5) is 17.1 Å². The number of halogens is 1. The summed E-state index contributed by atoms with van der Waals surface area (Å²) in [5.41, 5.74) is 3.73. The number of hydrogen-bond donors (Lipinski definition) is 2. The van der Waals surface area contributed by atoms with Crippen molar-refractivity contribution in [3.05, 3.63) is 53.1 Å². The molecule has 2 rings (SSSR count). The van der Waals surface area contributed by atoms with Crippen LogP contribution in [0.15, 0.2) is 42.5 Å². The predicted molar refractivity (Wildman–Crippen MR) is 84.8 cm³/mol. The van der Waals surface area contributed by atoms with Crippen molar-refractivity contribution in [2.75, 3.05) is 10.6 Å². The van der Waals surface area contributed by atoms with Crippen LogP contribution in [-0.4, -0.2) is 5.91 Å². The predicted octanol–water partition coefficient (Wildman–Crippen LogP) is 4.74. The van der Waals surface area contributed by atoms with Crippen molar-refractivity contribution >= 4 is 34.6 Å². The molecule has 0 heterocycles. The largest absolute Gasteiger partial charge is 0.355 e. The Morgan fingerprint density at radius 3 is 2.40 bits per heavy atom. The van der Waals surface area contributed by atoms with E-state index in [1.165, 1.54) is 0 Å². The first kappa shape index (κ1) is 14.4. The molecule has 2 N–H and O–H groups in total. The second-order valence-corrected chi connectivity index (χ2v) is 4.92. The highest BCUT2D eigenvalue weighted by Gasteiger charge is 2.03. The first-order chi connectivity index (χ1) is 9.60. The highest BCUT2D eigenvalue weighted by Crippen LogP contribution is 2.26. The van der Waals surface area contributed by atoms with Crippen LogP contribution in [0.1, 0.15) is 18.9 Å². The van der Waals surface area contributed by atoms with E-state index in [0.717, 1.165) is 27.6 Å². The Bertz CT molecular complexity index is 608. The molecule has 1 amide bonds. The fourth-order valence-corrected chi connectivity index (χ4v) is 1.96. The molecule has 20 heavy (non-hydrogen) atoms. The molecule has 0 spiro atoms. The Morgan fingerprint density at radius 2 is 1.75 bits per heavy atom. The third-order valence-electron chi connectivity index (χ3n) is 3.04. The van der Waals surface area contributed by atoms with Crippen molar-refractivity contribution in [1.82, 2.24) is 0 Å². The molecular formula is C16H17ClN2O. The van der Waals surface area contributed by atoms with Gasteiger partial charge in [0.2, 0.25) is 5.91 Å². The molecular weight excluding hydrogens is 272 g/mol. The van der Waals surface area contributed by atoms with Crippen molar-refractivity contribution in [2.45, 2.75) is 20.3 Å². The van der Waals surface area contributed by atoms with Gasteiger partial charge in [-0.2, -0.15) is 0 Å². The molecule has 0 saturated carbocycles. The number of carbonyl (C=O) groups is 1. The summed E-state index contributed by atoms with van der Waals surface area (Å²) >= 11 is 6.09. The fourth-order valence-electron chi connectivity index (χ4n) is 1.78. The SMILES string of the molecule is CCC(=O)Nc1ccc(Nc2cccc(Cl)c2C)cc1.